The SMILES string of the molecule is CC1CCc2c(sc3nc(SC(C)C(=O)N(C)C)n(-c4ccccc4F)c(=O)c23)C1. The van der Waals surface area contributed by atoms with Crippen molar-refractivity contribution in [2.24, 2.45) is 5.92 Å². The Morgan fingerprint density at radius 1 is 1.37 bits per heavy atom. The van der Waals surface area contributed by atoms with Crippen LogP contribution in [0, 0.1) is 11.7 Å². The van der Waals surface area contributed by atoms with Gasteiger partial charge in [0.25, 0.3) is 5.56 Å². The molecule has 1 amide bonds. The number of thiophene rings is 1. The van der Waals surface area contributed by atoms with Gasteiger partial charge in [-0.1, -0.05) is 30.8 Å². The molecule has 0 bridgehead atoms. The molecule has 0 saturated heterocycles. The van der Waals surface area contributed by atoms with Crippen LogP contribution in [-0.4, -0.2) is 39.7 Å². The van der Waals surface area contributed by atoms with Crippen molar-refractivity contribution < 1.29 is 9.18 Å². The minimum Gasteiger partial charge on any atom is -0.348 e. The highest BCUT2D eigenvalue weighted by molar-refractivity contribution is 8.00. The van der Waals surface area contributed by atoms with Gasteiger partial charge in [0.2, 0.25) is 5.91 Å². The number of carbonyl (C=O) groups is 1. The van der Waals surface area contributed by atoms with Crippen LogP contribution in [0.5, 0.6) is 0 Å². The van der Waals surface area contributed by atoms with E-state index in [1.165, 1.54) is 32.2 Å². The zero-order valence-electron chi connectivity index (χ0n) is 17.4. The van der Waals surface area contributed by atoms with Crippen LogP contribution in [0.15, 0.2) is 34.2 Å². The van der Waals surface area contributed by atoms with Crippen LogP contribution in [0.3, 0.4) is 0 Å². The van der Waals surface area contributed by atoms with E-state index in [2.05, 4.69) is 6.92 Å². The maximum absolute atomic E-state index is 14.7. The monoisotopic (exact) mass is 445 g/mol. The Kier molecular flexibility index (Phi) is 5.72. The van der Waals surface area contributed by atoms with Gasteiger partial charge in [0.1, 0.15) is 10.6 Å². The molecule has 2 unspecified atom stereocenters. The van der Waals surface area contributed by atoms with E-state index in [-0.39, 0.29) is 17.2 Å². The molecule has 2 aromatic heterocycles. The Morgan fingerprint density at radius 3 is 2.80 bits per heavy atom. The molecule has 8 heteroatoms. The van der Waals surface area contributed by atoms with E-state index in [1.54, 1.807) is 50.6 Å². The van der Waals surface area contributed by atoms with E-state index in [9.17, 15) is 14.0 Å². The van der Waals surface area contributed by atoms with Gasteiger partial charge in [0.05, 0.1) is 16.3 Å². The summed E-state index contributed by atoms with van der Waals surface area (Å²) in [6, 6.07) is 6.20. The predicted octanol–water partition coefficient (Wildman–Crippen LogP) is 4.28. The third-order valence-corrected chi connectivity index (χ3v) is 7.65. The number of hydrogen-bond donors (Lipinski definition) is 0. The molecule has 0 aliphatic heterocycles. The molecule has 0 N–H and O–H groups in total. The molecular weight excluding hydrogens is 421 g/mol. The van der Waals surface area contributed by atoms with E-state index in [4.69, 9.17) is 4.98 Å². The Hall–Kier alpha value is -2.19. The number of aryl methyl sites for hydroxylation is 1. The summed E-state index contributed by atoms with van der Waals surface area (Å²) in [7, 11) is 3.38. The molecule has 3 aromatic rings. The minimum atomic E-state index is -0.494. The molecule has 1 aliphatic carbocycles. The summed E-state index contributed by atoms with van der Waals surface area (Å²) in [5.41, 5.74) is 0.960. The summed E-state index contributed by atoms with van der Waals surface area (Å²) in [4.78, 5) is 34.2. The average Bonchev–Trinajstić information content (AvgIpc) is 3.05. The lowest BCUT2D eigenvalue weighted by Gasteiger charge is -2.19. The third kappa shape index (κ3) is 3.67. The van der Waals surface area contributed by atoms with E-state index >= 15 is 0 Å². The summed E-state index contributed by atoms with van der Waals surface area (Å²) in [6.45, 7) is 3.99. The van der Waals surface area contributed by atoms with Crippen LogP contribution in [0.2, 0.25) is 0 Å². The first-order valence-corrected chi connectivity index (χ1v) is 11.7. The quantitative estimate of drug-likeness (QED) is 0.444. The smallest absolute Gasteiger partial charge is 0.267 e. The van der Waals surface area contributed by atoms with Crippen LogP contribution < -0.4 is 5.56 Å². The Balaban J connectivity index is 1.95. The number of aromatic nitrogens is 2. The van der Waals surface area contributed by atoms with Gasteiger partial charge < -0.3 is 4.90 Å². The van der Waals surface area contributed by atoms with Crippen molar-refractivity contribution in [3.63, 3.8) is 0 Å². The summed E-state index contributed by atoms with van der Waals surface area (Å²) in [6.07, 6.45) is 2.81. The molecule has 0 spiro atoms. The van der Waals surface area contributed by atoms with E-state index in [0.29, 0.717) is 21.3 Å². The number of hydrogen-bond acceptors (Lipinski definition) is 5. The first kappa shape index (κ1) is 21.1. The molecule has 1 aliphatic rings. The lowest BCUT2D eigenvalue weighted by Crippen LogP contribution is -2.31. The van der Waals surface area contributed by atoms with Crippen molar-refractivity contribution in [1.82, 2.24) is 14.5 Å². The van der Waals surface area contributed by atoms with Crippen molar-refractivity contribution in [2.45, 2.75) is 43.5 Å². The zero-order valence-corrected chi connectivity index (χ0v) is 19.1. The highest BCUT2D eigenvalue weighted by Crippen LogP contribution is 2.37. The van der Waals surface area contributed by atoms with Crippen LogP contribution in [-0.2, 0) is 17.6 Å². The topological polar surface area (TPSA) is 55.2 Å². The van der Waals surface area contributed by atoms with E-state index in [1.807, 2.05) is 0 Å². The third-order valence-electron chi connectivity index (χ3n) is 5.46. The average molecular weight is 446 g/mol. The summed E-state index contributed by atoms with van der Waals surface area (Å²) >= 11 is 2.74. The van der Waals surface area contributed by atoms with Crippen molar-refractivity contribution in [1.29, 1.82) is 0 Å². The number of nitrogens with zero attached hydrogens (tertiary/aromatic N) is 3. The molecule has 0 radical (unpaired) electrons. The molecule has 4 rings (SSSR count). The molecular formula is C22H24FN3O2S2. The summed E-state index contributed by atoms with van der Waals surface area (Å²) in [5, 5.41) is 0.477. The largest absolute Gasteiger partial charge is 0.348 e. The number of halogens is 1. The van der Waals surface area contributed by atoms with Gasteiger partial charge in [-0.3, -0.25) is 14.2 Å². The number of carbonyl (C=O) groups excluding carboxylic acids is 1. The number of para-hydroxylation sites is 1. The van der Waals surface area contributed by atoms with Crippen molar-refractivity contribution in [3.8, 4) is 5.69 Å². The van der Waals surface area contributed by atoms with Gasteiger partial charge >= 0.3 is 0 Å². The molecule has 5 nitrogen and oxygen atoms in total. The summed E-state index contributed by atoms with van der Waals surface area (Å²) in [5.74, 6) is -0.00780. The van der Waals surface area contributed by atoms with Gasteiger partial charge in [-0.25, -0.2) is 9.37 Å². The van der Waals surface area contributed by atoms with Crippen LogP contribution in [0.1, 0.15) is 30.7 Å². The Bertz CT molecular complexity index is 1190. The molecule has 30 heavy (non-hydrogen) atoms. The van der Waals surface area contributed by atoms with Crippen molar-refractivity contribution in [2.75, 3.05) is 14.1 Å². The molecule has 0 saturated carbocycles. The standard InChI is InChI=1S/C22H24FN3O2S2/c1-12-9-10-14-17(11-12)30-19-18(14)21(28)26(16-8-6-5-7-15(16)23)22(24-19)29-13(2)20(27)25(3)4/h5-8,12-13H,9-11H2,1-4H3. The number of thioether (sulfide) groups is 1. The predicted molar refractivity (Wildman–Crippen MR) is 120 cm³/mol. The second kappa shape index (κ2) is 8.15. The fraction of sp³-hybridized carbons (Fsp3) is 0.409. The van der Waals surface area contributed by atoms with Gasteiger partial charge in [-0.15, -0.1) is 11.3 Å². The second-order valence-corrected chi connectivity index (χ2v) is 10.4. The lowest BCUT2D eigenvalue weighted by atomic mass is 9.89. The van der Waals surface area contributed by atoms with E-state index < -0.39 is 11.1 Å². The maximum Gasteiger partial charge on any atom is 0.267 e. The number of benzene rings is 1. The normalized spacial score (nSPS) is 17.0. The highest BCUT2D eigenvalue weighted by atomic mass is 32.2. The molecule has 2 atom stereocenters. The van der Waals surface area contributed by atoms with E-state index in [0.717, 1.165) is 24.8 Å². The number of rotatable bonds is 4. The molecule has 1 aromatic carbocycles. The molecule has 0 fully saturated rings. The van der Waals surface area contributed by atoms with Gasteiger partial charge in [-0.05, 0) is 49.8 Å². The first-order chi connectivity index (χ1) is 14.3. The van der Waals surface area contributed by atoms with Gasteiger partial charge in [0, 0.05) is 19.0 Å². The van der Waals surface area contributed by atoms with Gasteiger partial charge in [-0.2, -0.15) is 0 Å². The minimum absolute atomic E-state index is 0.0891. The maximum atomic E-state index is 14.7. The van der Waals surface area contributed by atoms with Crippen molar-refractivity contribution in [3.05, 3.63) is 50.9 Å². The Morgan fingerprint density at radius 2 is 2.10 bits per heavy atom. The van der Waals surface area contributed by atoms with Gasteiger partial charge in [0.15, 0.2) is 5.16 Å². The molecule has 158 valence electrons. The summed E-state index contributed by atoms with van der Waals surface area (Å²) < 4.78 is 16.0. The zero-order chi connectivity index (χ0) is 21.6. The van der Waals surface area contributed by atoms with Crippen LogP contribution in [0.25, 0.3) is 15.9 Å². The first-order valence-electron chi connectivity index (χ1n) is 9.98. The second-order valence-electron chi connectivity index (χ2n) is 8.01. The fourth-order valence-corrected chi connectivity index (χ4v) is 6.36. The Labute approximate surface area is 182 Å². The highest BCUT2D eigenvalue weighted by Gasteiger charge is 2.27. The molecule has 2 heterocycles. The van der Waals surface area contributed by atoms with Crippen LogP contribution in [0.4, 0.5) is 4.39 Å². The number of fused-ring (bicyclic) bond motifs is 3. The lowest BCUT2D eigenvalue weighted by molar-refractivity contribution is -0.127. The number of amides is 1. The van der Waals surface area contributed by atoms with Crippen LogP contribution >= 0.6 is 23.1 Å². The fourth-order valence-electron chi connectivity index (χ4n) is 3.87. The van der Waals surface area contributed by atoms with Crippen molar-refractivity contribution >= 4 is 39.2 Å².